The van der Waals surface area contributed by atoms with E-state index in [-0.39, 0.29) is 17.7 Å². The summed E-state index contributed by atoms with van der Waals surface area (Å²) in [5.41, 5.74) is 0. The van der Waals surface area contributed by atoms with Gasteiger partial charge in [0.15, 0.2) is 0 Å². The first-order valence-electron chi connectivity index (χ1n) is 3.73. The van der Waals surface area contributed by atoms with Crippen LogP contribution in [-0.4, -0.2) is 24.3 Å². The zero-order valence-electron chi connectivity index (χ0n) is 6.79. The Morgan fingerprint density at radius 2 is 1.91 bits per heavy atom. The van der Waals surface area contributed by atoms with Gasteiger partial charge in [0.05, 0.1) is 18.6 Å². The van der Waals surface area contributed by atoms with Crippen molar-refractivity contribution < 1.29 is 14.3 Å². The topological polar surface area (TPSA) is 46.7 Å². The van der Waals surface area contributed by atoms with Gasteiger partial charge < -0.3 is 4.74 Å². The van der Waals surface area contributed by atoms with Crippen LogP contribution in [-0.2, 0) is 14.3 Å². The molecule has 62 valence electrons. The summed E-state index contributed by atoms with van der Waals surface area (Å²) in [6.45, 7) is 3.61. The molecule has 1 rings (SSSR count). The molecule has 0 aromatic heterocycles. The Labute approximate surface area is 65.7 Å². The lowest BCUT2D eigenvalue weighted by molar-refractivity contribution is -0.130. The lowest BCUT2D eigenvalue weighted by atomic mass is 9.95. The number of carbonyl (C=O) groups is 2. The highest BCUT2D eigenvalue weighted by atomic mass is 16.6. The van der Waals surface area contributed by atoms with Crippen molar-refractivity contribution in [1.29, 1.82) is 0 Å². The monoisotopic (exact) mass is 156 g/mol. The fourth-order valence-electron chi connectivity index (χ4n) is 1.09. The minimum atomic E-state index is -0.428. The molecule has 0 bridgehead atoms. The Bertz CT molecular complexity index is 168. The molecule has 0 aromatic rings. The van der Waals surface area contributed by atoms with Crippen LogP contribution in [0, 0.1) is 5.92 Å². The van der Waals surface area contributed by atoms with Gasteiger partial charge in [-0.3, -0.25) is 9.59 Å². The molecule has 1 saturated heterocycles. The van der Waals surface area contributed by atoms with E-state index in [1.807, 2.05) is 0 Å². The van der Waals surface area contributed by atoms with Crippen LogP contribution in [0.5, 0.6) is 0 Å². The van der Waals surface area contributed by atoms with Crippen LogP contribution in [0.15, 0.2) is 0 Å². The minimum Gasteiger partial charge on any atom is -0.373 e. The molecule has 3 nitrogen and oxygen atoms in total. The van der Waals surface area contributed by atoms with E-state index in [9.17, 15) is 9.59 Å². The van der Waals surface area contributed by atoms with Crippen LogP contribution in [0.1, 0.15) is 20.3 Å². The fourth-order valence-corrected chi connectivity index (χ4v) is 1.09. The summed E-state index contributed by atoms with van der Waals surface area (Å²) in [5, 5.41) is 0. The average Bonchev–Trinajstić information content (AvgIpc) is 2.63. The summed E-state index contributed by atoms with van der Waals surface area (Å²) in [7, 11) is 0. The second-order valence-corrected chi connectivity index (χ2v) is 2.96. The third-order valence-corrected chi connectivity index (χ3v) is 1.88. The van der Waals surface area contributed by atoms with Crippen molar-refractivity contribution >= 4 is 11.6 Å². The van der Waals surface area contributed by atoms with Crippen LogP contribution in [0.4, 0.5) is 0 Å². The second-order valence-electron chi connectivity index (χ2n) is 2.96. The Morgan fingerprint density at radius 1 is 1.45 bits per heavy atom. The van der Waals surface area contributed by atoms with Gasteiger partial charge in [-0.1, -0.05) is 0 Å². The highest BCUT2D eigenvalue weighted by molar-refractivity contribution is 6.00. The first kappa shape index (κ1) is 8.40. The molecule has 1 heterocycles. The fraction of sp³-hybridized carbons (Fsp3) is 0.750. The summed E-state index contributed by atoms with van der Waals surface area (Å²) < 4.78 is 4.93. The molecule has 0 aromatic carbocycles. The number of hydrogen-bond donors (Lipinski definition) is 0. The van der Waals surface area contributed by atoms with Crippen molar-refractivity contribution in [3.8, 4) is 0 Å². The van der Waals surface area contributed by atoms with Gasteiger partial charge in [0.2, 0.25) is 0 Å². The van der Waals surface area contributed by atoms with Crippen LogP contribution in [0.2, 0.25) is 0 Å². The minimum absolute atomic E-state index is 0.0481. The molecule has 1 unspecified atom stereocenters. The van der Waals surface area contributed by atoms with Crippen LogP contribution < -0.4 is 0 Å². The van der Waals surface area contributed by atoms with E-state index in [1.165, 1.54) is 13.8 Å². The van der Waals surface area contributed by atoms with E-state index in [4.69, 9.17) is 4.74 Å². The molecule has 0 radical (unpaired) electrons. The third-order valence-electron chi connectivity index (χ3n) is 1.88. The molecule has 1 aliphatic heterocycles. The Balaban J connectivity index is 2.43. The molecule has 3 heteroatoms. The van der Waals surface area contributed by atoms with Gasteiger partial charge in [-0.05, 0) is 20.3 Å². The average molecular weight is 156 g/mol. The van der Waals surface area contributed by atoms with Crippen molar-refractivity contribution in [3.63, 3.8) is 0 Å². The van der Waals surface area contributed by atoms with Crippen LogP contribution in [0.25, 0.3) is 0 Å². The molecule has 1 atom stereocenters. The van der Waals surface area contributed by atoms with E-state index < -0.39 is 5.92 Å². The number of carbonyl (C=O) groups excluding carboxylic acids is 2. The van der Waals surface area contributed by atoms with Crippen molar-refractivity contribution in [2.24, 2.45) is 5.92 Å². The Kier molecular flexibility index (Phi) is 2.39. The van der Waals surface area contributed by atoms with Gasteiger partial charge in [-0.15, -0.1) is 0 Å². The van der Waals surface area contributed by atoms with E-state index in [1.54, 1.807) is 0 Å². The van der Waals surface area contributed by atoms with Crippen molar-refractivity contribution in [2.75, 3.05) is 6.61 Å². The summed E-state index contributed by atoms with van der Waals surface area (Å²) in [4.78, 5) is 21.7. The van der Waals surface area contributed by atoms with Gasteiger partial charge in [-0.2, -0.15) is 0 Å². The quantitative estimate of drug-likeness (QED) is 0.441. The number of ketones is 2. The number of Topliss-reactive ketones (excluding diaryl/α,β-unsaturated/α-hetero) is 2. The number of hydrogen-bond acceptors (Lipinski definition) is 3. The number of ether oxygens (including phenoxy) is 1. The predicted octanol–water partition coefficient (Wildman–Crippen LogP) is 0.569. The highest BCUT2D eigenvalue weighted by Gasteiger charge is 2.30. The summed E-state index contributed by atoms with van der Waals surface area (Å²) in [6.07, 6.45) is 0.734. The van der Waals surface area contributed by atoms with E-state index in [0.29, 0.717) is 13.0 Å². The maximum absolute atomic E-state index is 10.9. The molecule has 0 N–H and O–H groups in total. The number of epoxide rings is 1. The van der Waals surface area contributed by atoms with Gasteiger partial charge in [0.25, 0.3) is 0 Å². The molecule has 0 spiro atoms. The van der Waals surface area contributed by atoms with Gasteiger partial charge in [0.1, 0.15) is 11.6 Å². The molecule has 0 saturated carbocycles. The Hall–Kier alpha value is -0.700. The first-order chi connectivity index (χ1) is 5.11. The Morgan fingerprint density at radius 3 is 2.18 bits per heavy atom. The van der Waals surface area contributed by atoms with E-state index >= 15 is 0 Å². The van der Waals surface area contributed by atoms with E-state index in [0.717, 1.165) is 0 Å². The molecule has 0 aliphatic carbocycles. The normalized spacial score (nSPS) is 21.9. The summed E-state index contributed by atoms with van der Waals surface area (Å²) >= 11 is 0. The first-order valence-corrected chi connectivity index (χ1v) is 3.73. The zero-order valence-corrected chi connectivity index (χ0v) is 6.79. The lowest BCUT2D eigenvalue weighted by Crippen LogP contribution is -2.21. The second kappa shape index (κ2) is 3.13. The number of rotatable bonds is 4. The molecule has 11 heavy (non-hydrogen) atoms. The predicted molar refractivity (Wildman–Crippen MR) is 39.2 cm³/mol. The maximum atomic E-state index is 10.9. The standard InChI is InChI=1S/C8H12O3/c1-5(9)8(6(2)10)3-7-4-11-7/h7-8H,3-4H2,1-2H3. The lowest BCUT2D eigenvalue weighted by Gasteiger charge is -2.06. The van der Waals surface area contributed by atoms with Gasteiger partial charge in [-0.25, -0.2) is 0 Å². The maximum Gasteiger partial charge on any atom is 0.140 e. The molecule has 1 fully saturated rings. The third kappa shape index (κ3) is 2.42. The molecular formula is C8H12O3. The molecular weight excluding hydrogens is 144 g/mol. The smallest absolute Gasteiger partial charge is 0.140 e. The van der Waals surface area contributed by atoms with Crippen LogP contribution in [0.3, 0.4) is 0 Å². The highest BCUT2D eigenvalue weighted by Crippen LogP contribution is 2.20. The van der Waals surface area contributed by atoms with Crippen molar-refractivity contribution in [3.05, 3.63) is 0 Å². The summed E-state index contributed by atoms with van der Waals surface area (Å²) in [6, 6.07) is 0. The van der Waals surface area contributed by atoms with Gasteiger partial charge >= 0.3 is 0 Å². The zero-order chi connectivity index (χ0) is 8.43. The van der Waals surface area contributed by atoms with Gasteiger partial charge in [0, 0.05) is 0 Å². The van der Waals surface area contributed by atoms with Crippen molar-refractivity contribution in [1.82, 2.24) is 0 Å². The summed E-state index contributed by atoms with van der Waals surface area (Å²) in [5.74, 6) is -0.525. The van der Waals surface area contributed by atoms with Crippen LogP contribution >= 0.6 is 0 Å². The van der Waals surface area contributed by atoms with Crippen molar-refractivity contribution in [2.45, 2.75) is 26.4 Å². The van der Waals surface area contributed by atoms with E-state index in [2.05, 4.69) is 0 Å². The molecule has 0 amide bonds. The molecule has 1 aliphatic rings. The SMILES string of the molecule is CC(=O)C(CC1CO1)C(C)=O. The largest absolute Gasteiger partial charge is 0.373 e.